The first-order valence-electron chi connectivity index (χ1n) is 12.5. The Hall–Kier alpha value is -3.02. The molecule has 0 spiro atoms. The Labute approximate surface area is 240 Å². The molecule has 1 aliphatic heterocycles. The molecule has 1 atom stereocenters. The summed E-state index contributed by atoms with van der Waals surface area (Å²) in [7, 11) is 2.80. The van der Waals surface area contributed by atoms with Crippen LogP contribution in [0, 0.1) is 6.92 Å². The molecule has 2 aliphatic rings. The van der Waals surface area contributed by atoms with Crippen LogP contribution in [0.15, 0.2) is 28.4 Å². The first-order valence-corrected chi connectivity index (χ1v) is 14.6. The molecule has 39 heavy (non-hydrogen) atoms. The minimum Gasteiger partial charge on any atom is -0.495 e. The molecule has 2 amide bonds. The molecule has 208 valence electrons. The van der Waals surface area contributed by atoms with E-state index in [4.69, 9.17) is 26.8 Å². The maximum atomic E-state index is 13.5. The van der Waals surface area contributed by atoms with Crippen LogP contribution < -0.4 is 21.1 Å². The van der Waals surface area contributed by atoms with E-state index in [2.05, 4.69) is 15.6 Å². The van der Waals surface area contributed by atoms with Crippen molar-refractivity contribution in [2.24, 2.45) is 10.7 Å². The molecule has 1 aromatic carbocycles. The lowest BCUT2D eigenvalue weighted by atomic mass is 9.95. The van der Waals surface area contributed by atoms with Gasteiger partial charge in [-0.25, -0.2) is 4.79 Å². The Bertz CT molecular complexity index is 1400. The lowest BCUT2D eigenvalue weighted by molar-refractivity contribution is -0.115. The first kappa shape index (κ1) is 29.0. The van der Waals surface area contributed by atoms with E-state index in [1.54, 1.807) is 12.1 Å². The molecule has 2 aromatic rings. The van der Waals surface area contributed by atoms with E-state index < -0.39 is 23.0 Å². The normalized spacial score (nSPS) is 17.8. The average Bonchev–Trinajstić information content (AvgIpc) is 3.41. The lowest BCUT2D eigenvalue weighted by Crippen LogP contribution is -2.30. The highest BCUT2D eigenvalue weighted by atomic mass is 35.5. The fourth-order valence-electron chi connectivity index (χ4n) is 4.51. The number of aryl methyl sites for hydroxylation is 2. The zero-order valence-corrected chi connectivity index (χ0v) is 24.8. The first-order chi connectivity index (χ1) is 18.5. The highest BCUT2D eigenvalue weighted by Gasteiger charge is 2.39. The van der Waals surface area contributed by atoms with Crippen LogP contribution >= 0.6 is 34.7 Å². The van der Waals surface area contributed by atoms with Gasteiger partial charge in [0.15, 0.2) is 0 Å². The van der Waals surface area contributed by atoms with Gasteiger partial charge < -0.3 is 25.8 Å². The fourth-order valence-corrected chi connectivity index (χ4v) is 7.17. The summed E-state index contributed by atoms with van der Waals surface area (Å²) in [4.78, 5) is 45.3. The van der Waals surface area contributed by atoms with Crippen LogP contribution in [-0.2, 0) is 27.2 Å². The maximum Gasteiger partial charge on any atom is 0.341 e. The van der Waals surface area contributed by atoms with Crippen molar-refractivity contribution in [3.05, 3.63) is 50.0 Å². The van der Waals surface area contributed by atoms with Crippen molar-refractivity contribution >= 4 is 68.2 Å². The van der Waals surface area contributed by atoms with E-state index in [0.717, 1.165) is 53.4 Å². The van der Waals surface area contributed by atoms with Crippen LogP contribution in [0.2, 0.25) is 5.02 Å². The molecule has 1 aromatic heterocycles. The zero-order chi connectivity index (χ0) is 28.4. The molecule has 0 bridgehead atoms. The summed E-state index contributed by atoms with van der Waals surface area (Å²) >= 11 is 8.70. The maximum absolute atomic E-state index is 13.5. The van der Waals surface area contributed by atoms with Crippen molar-refractivity contribution in [3.63, 3.8) is 0 Å². The zero-order valence-electron chi connectivity index (χ0n) is 22.4. The van der Waals surface area contributed by atoms with Crippen LogP contribution in [0.4, 0.5) is 10.7 Å². The molecule has 9 nitrogen and oxygen atoms in total. The third-order valence-corrected chi connectivity index (χ3v) is 9.23. The second kappa shape index (κ2) is 12.0. The third kappa shape index (κ3) is 5.95. The second-order valence-electron chi connectivity index (χ2n) is 9.51. The molecule has 1 unspecified atom stereocenters. The number of esters is 1. The number of hydrogen-bond acceptors (Lipinski definition) is 9. The number of carbonyl (C=O) groups excluding carboxylic acids is 3. The summed E-state index contributed by atoms with van der Waals surface area (Å²) in [6.45, 7) is 5.56. The molecule has 0 radical (unpaired) electrons. The molecule has 0 saturated heterocycles. The molecule has 0 saturated carbocycles. The number of carbonyl (C=O) groups is 3. The Balaban J connectivity index is 1.66. The second-order valence-corrected chi connectivity index (χ2v) is 12.1. The number of anilines is 2. The molecular formula is C27H31ClN4O5S2. The van der Waals surface area contributed by atoms with E-state index in [9.17, 15) is 14.4 Å². The van der Waals surface area contributed by atoms with Crippen molar-refractivity contribution in [3.8, 4) is 5.75 Å². The number of benzene rings is 1. The number of methoxy groups -OCH3 is 2. The number of halogens is 1. The fraction of sp³-hybridized carbons (Fsp3) is 0.407. The monoisotopic (exact) mass is 590 g/mol. The highest BCUT2D eigenvalue weighted by Crippen LogP contribution is 2.41. The molecule has 1 aliphatic carbocycles. The summed E-state index contributed by atoms with van der Waals surface area (Å²) in [6, 6.07) is 3.17. The van der Waals surface area contributed by atoms with Crippen molar-refractivity contribution < 1.29 is 23.9 Å². The van der Waals surface area contributed by atoms with Gasteiger partial charge in [0.25, 0.3) is 5.91 Å². The minimum atomic E-state index is -0.915. The largest absolute Gasteiger partial charge is 0.495 e. The third-order valence-electron chi connectivity index (χ3n) is 6.38. The Kier molecular flexibility index (Phi) is 8.93. The predicted molar refractivity (Wildman–Crippen MR) is 157 cm³/mol. The number of thioether (sulfide) groups is 1. The van der Waals surface area contributed by atoms with Crippen LogP contribution in [0.5, 0.6) is 5.75 Å². The van der Waals surface area contributed by atoms with E-state index in [0.29, 0.717) is 32.1 Å². The van der Waals surface area contributed by atoms with Gasteiger partial charge in [0.05, 0.1) is 31.0 Å². The van der Waals surface area contributed by atoms with Crippen LogP contribution in [0.1, 0.15) is 53.1 Å². The van der Waals surface area contributed by atoms with Crippen molar-refractivity contribution in [2.45, 2.75) is 57.7 Å². The minimum absolute atomic E-state index is 0.0833. The summed E-state index contributed by atoms with van der Waals surface area (Å²) in [5, 5.41) is 6.11. The highest BCUT2D eigenvalue weighted by molar-refractivity contribution is 8.16. The Morgan fingerprint density at radius 3 is 2.54 bits per heavy atom. The molecule has 0 fully saturated rings. The lowest BCUT2D eigenvalue weighted by Gasteiger charge is -2.13. The molecule has 2 heterocycles. The number of rotatable bonds is 7. The number of ether oxygens (including phenoxy) is 2. The van der Waals surface area contributed by atoms with Gasteiger partial charge in [-0.15, -0.1) is 11.3 Å². The van der Waals surface area contributed by atoms with Crippen LogP contribution in [-0.4, -0.2) is 48.3 Å². The quantitative estimate of drug-likeness (QED) is 0.382. The topological polar surface area (TPSA) is 132 Å². The van der Waals surface area contributed by atoms with Gasteiger partial charge >= 0.3 is 5.97 Å². The smallest absolute Gasteiger partial charge is 0.341 e. The number of amides is 2. The van der Waals surface area contributed by atoms with Gasteiger partial charge in [-0.1, -0.05) is 23.4 Å². The van der Waals surface area contributed by atoms with Crippen LogP contribution in [0.3, 0.4) is 0 Å². The Morgan fingerprint density at radius 1 is 1.15 bits per heavy atom. The average molecular weight is 591 g/mol. The standard InChI is InChI=1S/C27H31ClN4O5S2/c1-12(2)30-26-20(23(33)31-16-10-13(3)15(28)11-17(16)36-4)21(29)22(39-26)24(34)32-25-19(27(35)37-5)14-8-6-7-9-18(14)38-25/h10-12,22H,6-9,29H2,1-5H3,(H,31,33)(H,32,34). The van der Waals surface area contributed by atoms with Crippen molar-refractivity contribution in [2.75, 3.05) is 24.9 Å². The summed E-state index contributed by atoms with van der Waals surface area (Å²) in [5.41, 5.74) is 9.17. The number of nitrogens with one attached hydrogen (secondary N) is 2. The summed E-state index contributed by atoms with van der Waals surface area (Å²) in [5.74, 6) is -1.06. The van der Waals surface area contributed by atoms with Crippen LogP contribution in [0.25, 0.3) is 0 Å². The van der Waals surface area contributed by atoms with Gasteiger partial charge in [-0.05, 0) is 63.6 Å². The summed E-state index contributed by atoms with van der Waals surface area (Å²) in [6.07, 6.45) is 3.61. The van der Waals surface area contributed by atoms with E-state index in [1.165, 1.54) is 25.6 Å². The number of nitrogens with zero attached hydrogens (tertiary/aromatic N) is 1. The van der Waals surface area contributed by atoms with Crippen molar-refractivity contribution in [1.82, 2.24) is 0 Å². The van der Waals surface area contributed by atoms with Gasteiger partial charge in [0.2, 0.25) is 5.91 Å². The molecule has 4 N–H and O–H groups in total. The number of fused-ring (bicyclic) bond motifs is 1. The van der Waals surface area contributed by atoms with Gasteiger partial charge in [0, 0.05) is 27.7 Å². The Morgan fingerprint density at radius 2 is 1.87 bits per heavy atom. The van der Waals surface area contributed by atoms with Gasteiger partial charge in [0.1, 0.15) is 21.0 Å². The number of thiophene rings is 1. The molecule has 12 heteroatoms. The van der Waals surface area contributed by atoms with E-state index in [-0.39, 0.29) is 17.3 Å². The molecule has 4 rings (SSSR count). The number of nitrogens with two attached hydrogens (primary N) is 1. The SMILES string of the molecule is COC(=O)c1c(NC(=O)C2SC(=NC(C)C)C(C(=O)Nc3cc(C)c(Cl)cc3OC)=C2N)sc2c1CCCC2. The predicted octanol–water partition coefficient (Wildman–Crippen LogP) is 5.10. The van der Waals surface area contributed by atoms with Gasteiger partial charge in [-0.3, -0.25) is 14.6 Å². The molecular weight excluding hydrogens is 560 g/mol. The number of aliphatic imine (C=N–C) groups is 1. The van der Waals surface area contributed by atoms with Gasteiger partial charge in [-0.2, -0.15) is 0 Å². The van der Waals surface area contributed by atoms with E-state index >= 15 is 0 Å². The summed E-state index contributed by atoms with van der Waals surface area (Å²) < 4.78 is 10.4. The number of hydrogen-bond donors (Lipinski definition) is 3. The van der Waals surface area contributed by atoms with Crippen molar-refractivity contribution in [1.29, 1.82) is 0 Å². The van der Waals surface area contributed by atoms with E-state index in [1.807, 2.05) is 20.8 Å².